The fraction of sp³-hybridized carbons (Fsp3) is 0.378. The molecule has 3 nitrogen and oxygen atoms in total. The van der Waals surface area contributed by atoms with Crippen LogP contribution in [0.5, 0.6) is 11.5 Å². The highest BCUT2D eigenvalue weighted by Gasteiger charge is 2.29. The summed E-state index contributed by atoms with van der Waals surface area (Å²) in [5.41, 5.74) is 6.36. The zero-order chi connectivity index (χ0) is 27.6. The molecule has 1 fully saturated rings. The number of nitrogens with zero attached hydrogens (tertiary/aromatic N) is 1. The molecule has 4 aromatic carbocycles. The van der Waals surface area contributed by atoms with E-state index in [2.05, 4.69) is 89.2 Å². The third kappa shape index (κ3) is 4.36. The van der Waals surface area contributed by atoms with Gasteiger partial charge in [-0.3, -0.25) is 4.98 Å². The lowest BCUT2D eigenvalue weighted by atomic mass is 9.82. The summed E-state index contributed by atoms with van der Waals surface area (Å²) in [6, 6.07) is 20.6. The average Bonchev–Trinajstić information content (AvgIpc) is 2.93. The van der Waals surface area contributed by atoms with Gasteiger partial charge in [-0.15, -0.1) is 0 Å². The molecule has 0 saturated carbocycles. The van der Waals surface area contributed by atoms with Crippen molar-refractivity contribution in [3.8, 4) is 22.8 Å². The maximum atomic E-state index is 7.02. The van der Waals surface area contributed by atoms with Crippen molar-refractivity contribution in [2.24, 2.45) is 11.3 Å². The smallest absolute Gasteiger partial charge is 0.140 e. The van der Waals surface area contributed by atoms with Gasteiger partial charge in [0.15, 0.2) is 0 Å². The molecule has 40 heavy (non-hydrogen) atoms. The minimum atomic E-state index is 0.112. The highest BCUT2D eigenvalue weighted by Crippen LogP contribution is 2.52. The maximum Gasteiger partial charge on any atom is 0.140 e. The first kappa shape index (κ1) is 25.5. The quantitative estimate of drug-likeness (QED) is 0.213. The van der Waals surface area contributed by atoms with Crippen molar-refractivity contribution in [1.82, 2.24) is 4.98 Å². The number of pyridine rings is 1. The van der Waals surface area contributed by atoms with Gasteiger partial charge in [0, 0.05) is 30.5 Å². The fourth-order valence-electron chi connectivity index (χ4n) is 6.99. The Morgan fingerprint density at radius 1 is 0.900 bits per heavy atom. The molecular formula is C37H39NO2. The summed E-state index contributed by atoms with van der Waals surface area (Å²) in [5.74, 6) is 3.05. The summed E-state index contributed by atoms with van der Waals surface area (Å²) in [4.78, 5) is 5.02. The third-order valence-electron chi connectivity index (χ3n) is 8.64. The van der Waals surface area contributed by atoms with Gasteiger partial charge in [0.2, 0.25) is 0 Å². The zero-order valence-corrected chi connectivity index (χ0v) is 24.4. The van der Waals surface area contributed by atoms with Crippen LogP contribution in [0, 0.1) is 11.3 Å². The van der Waals surface area contributed by atoms with E-state index in [0.717, 1.165) is 67.0 Å². The van der Waals surface area contributed by atoms with E-state index in [-0.39, 0.29) is 5.41 Å². The topological polar surface area (TPSA) is 31.4 Å². The van der Waals surface area contributed by atoms with Crippen molar-refractivity contribution < 1.29 is 9.47 Å². The first-order valence-corrected chi connectivity index (χ1v) is 15.0. The van der Waals surface area contributed by atoms with Crippen LogP contribution in [0.1, 0.15) is 70.1 Å². The van der Waals surface area contributed by atoms with Crippen LogP contribution in [0.25, 0.3) is 43.6 Å². The summed E-state index contributed by atoms with van der Waals surface area (Å²) < 4.78 is 12.7. The number of fused-ring (bicyclic) bond motifs is 5. The molecule has 7 rings (SSSR count). The third-order valence-corrected chi connectivity index (χ3v) is 8.64. The molecule has 1 saturated heterocycles. The molecule has 0 aliphatic carbocycles. The molecule has 0 bridgehead atoms. The van der Waals surface area contributed by atoms with Crippen LogP contribution in [0.3, 0.4) is 0 Å². The first-order valence-electron chi connectivity index (χ1n) is 15.0. The van der Waals surface area contributed by atoms with Crippen molar-refractivity contribution in [2.45, 2.75) is 66.2 Å². The van der Waals surface area contributed by atoms with E-state index in [1.807, 2.05) is 6.20 Å². The van der Waals surface area contributed by atoms with Gasteiger partial charge >= 0.3 is 0 Å². The molecule has 2 aliphatic rings. The predicted octanol–water partition coefficient (Wildman–Crippen LogP) is 9.99. The lowest BCUT2D eigenvalue weighted by Crippen LogP contribution is -2.14. The monoisotopic (exact) mass is 529 g/mol. The Hall–Kier alpha value is -3.43. The number of hydrogen-bond acceptors (Lipinski definition) is 3. The Bertz CT molecular complexity index is 1770. The number of hydrogen-bond donors (Lipinski definition) is 0. The van der Waals surface area contributed by atoms with E-state index < -0.39 is 0 Å². The second kappa shape index (κ2) is 9.59. The van der Waals surface area contributed by atoms with Gasteiger partial charge in [0.05, 0.1) is 11.1 Å². The van der Waals surface area contributed by atoms with Crippen LogP contribution in [-0.2, 0) is 17.6 Å². The Kier molecular flexibility index (Phi) is 6.12. The van der Waals surface area contributed by atoms with Crippen LogP contribution in [-0.4, -0.2) is 18.2 Å². The van der Waals surface area contributed by atoms with E-state index in [1.54, 1.807) is 0 Å². The van der Waals surface area contributed by atoms with Gasteiger partial charge in [-0.2, -0.15) is 0 Å². The minimum Gasteiger partial charge on any atom is -0.456 e. The first-order chi connectivity index (χ1) is 19.3. The highest BCUT2D eigenvalue weighted by atomic mass is 16.5. The van der Waals surface area contributed by atoms with E-state index >= 15 is 0 Å². The summed E-state index contributed by atoms with van der Waals surface area (Å²) in [6.45, 7) is 13.2. The molecule has 0 N–H and O–H groups in total. The van der Waals surface area contributed by atoms with Crippen LogP contribution in [0.4, 0.5) is 0 Å². The van der Waals surface area contributed by atoms with Gasteiger partial charge in [-0.05, 0) is 99.2 Å². The average molecular weight is 530 g/mol. The Balaban J connectivity index is 1.50. The van der Waals surface area contributed by atoms with Crippen molar-refractivity contribution in [2.75, 3.05) is 13.2 Å². The number of rotatable bonds is 4. The van der Waals surface area contributed by atoms with Crippen molar-refractivity contribution in [1.29, 1.82) is 0 Å². The van der Waals surface area contributed by atoms with Crippen LogP contribution in [0.15, 0.2) is 60.8 Å². The highest BCUT2D eigenvalue weighted by molar-refractivity contribution is 6.17. The van der Waals surface area contributed by atoms with Gasteiger partial charge in [0.1, 0.15) is 11.5 Å². The summed E-state index contributed by atoms with van der Waals surface area (Å²) in [6.07, 6.45) is 6.13. The molecule has 0 unspecified atom stereocenters. The van der Waals surface area contributed by atoms with Gasteiger partial charge in [-0.25, -0.2) is 0 Å². The van der Waals surface area contributed by atoms with Crippen LogP contribution >= 0.6 is 0 Å². The molecule has 2 aliphatic heterocycles. The Morgan fingerprint density at radius 2 is 1.73 bits per heavy atom. The Labute approximate surface area is 237 Å². The van der Waals surface area contributed by atoms with E-state index in [9.17, 15) is 0 Å². The van der Waals surface area contributed by atoms with E-state index in [1.165, 1.54) is 43.6 Å². The van der Waals surface area contributed by atoms with Crippen molar-refractivity contribution in [3.63, 3.8) is 0 Å². The molecule has 0 spiro atoms. The predicted molar refractivity (Wildman–Crippen MR) is 167 cm³/mol. The molecule has 3 heterocycles. The molecule has 3 heteroatoms. The molecule has 1 aromatic heterocycles. The molecule has 204 valence electrons. The van der Waals surface area contributed by atoms with Gasteiger partial charge in [-0.1, -0.05) is 71.0 Å². The SMILES string of the molecule is CC(C)Cc1ccc2c(CC(C)(C)C)c3c(cc2c1)-c1nccc2c1c(cc1c(C4CCOCC4)cccc12)O3. The van der Waals surface area contributed by atoms with Crippen LogP contribution in [0.2, 0.25) is 0 Å². The number of benzene rings is 4. The normalized spacial score (nSPS) is 15.7. The van der Waals surface area contributed by atoms with E-state index in [0.29, 0.717) is 11.8 Å². The van der Waals surface area contributed by atoms with Gasteiger partial charge in [0.25, 0.3) is 0 Å². The minimum absolute atomic E-state index is 0.112. The standard InChI is InChI=1S/C37H39NO2/c1-22(2)17-23-9-10-27-25(18-23)19-31-35-34-29(11-14-38-35)28-8-6-7-26(24-12-15-39-16-13-24)30(28)20-33(34)40-36(31)32(27)21-37(3,4)5/h6-11,14,18-20,22,24H,12-13,15-17,21H2,1-5H3. The summed E-state index contributed by atoms with van der Waals surface area (Å²) in [5, 5.41) is 7.52. The maximum absolute atomic E-state index is 7.02. The van der Waals surface area contributed by atoms with E-state index in [4.69, 9.17) is 14.5 Å². The molecule has 0 radical (unpaired) electrons. The Morgan fingerprint density at radius 3 is 2.50 bits per heavy atom. The molecule has 0 atom stereocenters. The largest absolute Gasteiger partial charge is 0.456 e. The number of ether oxygens (including phenoxy) is 2. The summed E-state index contributed by atoms with van der Waals surface area (Å²) >= 11 is 0. The fourth-order valence-corrected chi connectivity index (χ4v) is 6.99. The number of aromatic nitrogens is 1. The lowest BCUT2D eigenvalue weighted by Gasteiger charge is -2.29. The second-order valence-electron chi connectivity index (χ2n) is 13.5. The zero-order valence-electron chi connectivity index (χ0n) is 24.4. The lowest BCUT2D eigenvalue weighted by molar-refractivity contribution is 0.0856. The summed E-state index contributed by atoms with van der Waals surface area (Å²) in [7, 11) is 0. The molecule has 0 amide bonds. The second-order valence-corrected chi connectivity index (χ2v) is 13.5. The van der Waals surface area contributed by atoms with Crippen LogP contribution < -0.4 is 4.74 Å². The molecular weight excluding hydrogens is 490 g/mol. The molecule has 5 aromatic rings. The van der Waals surface area contributed by atoms with Gasteiger partial charge < -0.3 is 9.47 Å². The van der Waals surface area contributed by atoms with Crippen molar-refractivity contribution in [3.05, 3.63) is 77.5 Å². The van der Waals surface area contributed by atoms with Crippen molar-refractivity contribution >= 4 is 32.3 Å².